The summed E-state index contributed by atoms with van der Waals surface area (Å²) in [6.07, 6.45) is 1.41. The number of hydrogen-bond acceptors (Lipinski definition) is 3. The summed E-state index contributed by atoms with van der Waals surface area (Å²) in [5.41, 5.74) is 0.549. The number of nitrogens with one attached hydrogen (secondary N) is 1. The molecule has 1 aromatic rings. The van der Waals surface area contributed by atoms with Crippen molar-refractivity contribution in [2.75, 3.05) is 0 Å². The third-order valence-corrected chi connectivity index (χ3v) is 4.92. The molecule has 0 saturated heterocycles. The molecule has 0 spiro atoms. The third kappa shape index (κ3) is 3.11. The van der Waals surface area contributed by atoms with Gasteiger partial charge in [0.05, 0.1) is 11.9 Å². The fourth-order valence-electron chi connectivity index (χ4n) is 1.48. The molecule has 1 rings (SSSR count). The van der Waals surface area contributed by atoms with Crippen molar-refractivity contribution in [3.8, 4) is 0 Å². The van der Waals surface area contributed by atoms with E-state index in [2.05, 4.69) is 9.82 Å². The summed E-state index contributed by atoms with van der Waals surface area (Å²) in [5, 5.41) is 4.07. The molecule has 0 aliphatic rings. The van der Waals surface area contributed by atoms with Gasteiger partial charge in [-0.1, -0.05) is 20.8 Å². The molecule has 1 unspecified atom stereocenters. The van der Waals surface area contributed by atoms with E-state index in [1.165, 1.54) is 6.20 Å². The molecule has 5 nitrogen and oxygen atoms in total. The zero-order valence-corrected chi connectivity index (χ0v) is 12.8. The highest BCUT2D eigenvalue weighted by Crippen LogP contribution is 2.22. The number of aromatic nitrogens is 2. The number of nitrogens with zero attached hydrogens (tertiary/aromatic N) is 2. The zero-order valence-electron chi connectivity index (χ0n) is 12.0. The van der Waals surface area contributed by atoms with Crippen LogP contribution in [-0.4, -0.2) is 24.2 Å². The second-order valence-electron chi connectivity index (χ2n) is 5.62. The minimum absolute atomic E-state index is 0.123. The van der Waals surface area contributed by atoms with Gasteiger partial charge in [0, 0.05) is 12.6 Å². The smallest absolute Gasteiger partial charge is 0.244 e. The Balaban J connectivity index is 3.04. The number of aryl methyl sites for hydroxylation is 1. The van der Waals surface area contributed by atoms with Crippen LogP contribution in [0.2, 0.25) is 0 Å². The van der Waals surface area contributed by atoms with Gasteiger partial charge in [0.25, 0.3) is 0 Å². The molecule has 1 atom stereocenters. The molecule has 6 heteroatoms. The van der Waals surface area contributed by atoms with Crippen LogP contribution < -0.4 is 4.72 Å². The van der Waals surface area contributed by atoms with Gasteiger partial charge in [-0.2, -0.15) is 5.10 Å². The Hall–Kier alpha value is -0.880. The molecule has 0 saturated carbocycles. The van der Waals surface area contributed by atoms with Crippen LogP contribution >= 0.6 is 0 Å². The fraction of sp³-hybridized carbons (Fsp3) is 0.750. The van der Waals surface area contributed by atoms with Gasteiger partial charge in [-0.3, -0.25) is 4.68 Å². The molecule has 0 aliphatic carbocycles. The van der Waals surface area contributed by atoms with E-state index >= 15 is 0 Å². The normalized spacial score (nSPS) is 14.8. The average Bonchev–Trinajstić information content (AvgIpc) is 2.57. The Kier molecular flexibility index (Phi) is 4.23. The molecule has 0 aliphatic heterocycles. The van der Waals surface area contributed by atoms with Crippen LogP contribution in [0.4, 0.5) is 0 Å². The molecule has 0 aromatic carbocycles. The quantitative estimate of drug-likeness (QED) is 0.911. The topological polar surface area (TPSA) is 64.0 Å². The highest BCUT2D eigenvalue weighted by atomic mass is 32.2. The summed E-state index contributed by atoms with van der Waals surface area (Å²) in [4.78, 5) is 0.264. The molecule has 1 N–H and O–H groups in total. The van der Waals surface area contributed by atoms with E-state index in [-0.39, 0.29) is 16.4 Å². The summed E-state index contributed by atoms with van der Waals surface area (Å²) in [7, 11) is -3.50. The van der Waals surface area contributed by atoms with Gasteiger partial charge in [0.2, 0.25) is 10.0 Å². The molecular formula is C12H23N3O2S. The van der Waals surface area contributed by atoms with E-state index in [9.17, 15) is 8.42 Å². The monoisotopic (exact) mass is 273 g/mol. The lowest BCUT2D eigenvalue weighted by molar-refractivity contribution is 0.317. The van der Waals surface area contributed by atoms with E-state index in [4.69, 9.17) is 0 Å². The Morgan fingerprint density at radius 2 is 2.00 bits per heavy atom. The second-order valence-corrected chi connectivity index (χ2v) is 7.30. The van der Waals surface area contributed by atoms with Gasteiger partial charge in [0.15, 0.2) is 0 Å². The molecule has 0 amide bonds. The fourth-order valence-corrected chi connectivity index (χ4v) is 3.11. The van der Waals surface area contributed by atoms with E-state index < -0.39 is 10.0 Å². The minimum Gasteiger partial charge on any atom is -0.269 e. The van der Waals surface area contributed by atoms with Gasteiger partial charge in [-0.25, -0.2) is 13.1 Å². The van der Waals surface area contributed by atoms with E-state index in [1.807, 2.05) is 34.6 Å². The van der Waals surface area contributed by atoms with Crippen LogP contribution in [0.25, 0.3) is 0 Å². The number of sulfonamides is 1. The average molecular weight is 273 g/mol. The lowest BCUT2D eigenvalue weighted by atomic mass is 9.89. The Bertz CT molecular complexity index is 512. The van der Waals surface area contributed by atoms with E-state index in [0.717, 1.165) is 0 Å². The molecule has 0 fully saturated rings. The maximum absolute atomic E-state index is 12.3. The van der Waals surface area contributed by atoms with Crippen molar-refractivity contribution in [2.45, 2.75) is 59.0 Å². The number of rotatable bonds is 4. The van der Waals surface area contributed by atoms with Crippen LogP contribution in [0.15, 0.2) is 11.1 Å². The van der Waals surface area contributed by atoms with Gasteiger partial charge in [0.1, 0.15) is 4.90 Å². The SMILES string of the molecule is CCn1ncc(S(=O)(=O)NC(C)C(C)(C)C)c1C. The first kappa shape index (κ1) is 15.2. The van der Waals surface area contributed by atoms with Crippen LogP contribution in [0.3, 0.4) is 0 Å². The first-order valence-corrected chi connectivity index (χ1v) is 7.62. The van der Waals surface area contributed by atoms with Crippen molar-refractivity contribution < 1.29 is 8.42 Å². The molecule has 18 heavy (non-hydrogen) atoms. The van der Waals surface area contributed by atoms with E-state index in [0.29, 0.717) is 12.2 Å². The van der Waals surface area contributed by atoms with Crippen molar-refractivity contribution in [1.82, 2.24) is 14.5 Å². The predicted molar refractivity (Wildman–Crippen MR) is 71.9 cm³/mol. The first-order valence-electron chi connectivity index (χ1n) is 6.14. The lowest BCUT2D eigenvalue weighted by Crippen LogP contribution is -2.41. The molecular weight excluding hydrogens is 250 g/mol. The lowest BCUT2D eigenvalue weighted by Gasteiger charge is -2.27. The maximum Gasteiger partial charge on any atom is 0.244 e. The zero-order chi connectivity index (χ0) is 14.1. The largest absolute Gasteiger partial charge is 0.269 e. The molecule has 1 aromatic heterocycles. The summed E-state index contributed by atoms with van der Waals surface area (Å²) in [5.74, 6) is 0. The van der Waals surface area contributed by atoms with Gasteiger partial charge < -0.3 is 0 Å². The Labute approximate surface area is 110 Å². The molecule has 0 radical (unpaired) electrons. The standard InChI is InChI=1S/C12H23N3O2S/c1-7-15-9(2)11(8-13-15)18(16,17)14-10(3)12(4,5)6/h8,10,14H,7H2,1-6H3. The van der Waals surface area contributed by atoms with Crippen molar-refractivity contribution in [2.24, 2.45) is 5.41 Å². The molecule has 1 heterocycles. The van der Waals surface area contributed by atoms with Crippen LogP contribution in [0, 0.1) is 12.3 Å². The van der Waals surface area contributed by atoms with Crippen molar-refractivity contribution in [3.63, 3.8) is 0 Å². The van der Waals surface area contributed by atoms with Gasteiger partial charge in [-0.05, 0) is 26.2 Å². The number of hydrogen-bond donors (Lipinski definition) is 1. The third-order valence-electron chi connectivity index (χ3n) is 3.28. The summed E-state index contributed by atoms with van der Waals surface area (Å²) < 4.78 is 28.9. The van der Waals surface area contributed by atoms with Crippen molar-refractivity contribution in [1.29, 1.82) is 0 Å². The molecule has 0 bridgehead atoms. The predicted octanol–water partition coefficient (Wildman–Crippen LogP) is 1.92. The summed E-state index contributed by atoms with van der Waals surface area (Å²) in [6, 6.07) is -0.146. The minimum atomic E-state index is -3.50. The highest BCUT2D eigenvalue weighted by molar-refractivity contribution is 7.89. The van der Waals surface area contributed by atoms with Crippen molar-refractivity contribution in [3.05, 3.63) is 11.9 Å². The molecule has 104 valence electrons. The first-order chi connectivity index (χ1) is 8.09. The van der Waals surface area contributed by atoms with Gasteiger partial charge in [-0.15, -0.1) is 0 Å². The van der Waals surface area contributed by atoms with E-state index in [1.54, 1.807) is 11.6 Å². The van der Waals surface area contributed by atoms with Crippen molar-refractivity contribution >= 4 is 10.0 Å². The maximum atomic E-state index is 12.3. The second kappa shape index (κ2) is 5.01. The van der Waals surface area contributed by atoms with Crippen LogP contribution in [-0.2, 0) is 16.6 Å². The Morgan fingerprint density at radius 3 is 2.39 bits per heavy atom. The van der Waals surface area contributed by atoms with Crippen LogP contribution in [0.5, 0.6) is 0 Å². The summed E-state index contributed by atoms with van der Waals surface area (Å²) in [6.45, 7) is 12.2. The van der Waals surface area contributed by atoms with Crippen LogP contribution in [0.1, 0.15) is 40.3 Å². The van der Waals surface area contributed by atoms with Gasteiger partial charge >= 0.3 is 0 Å². The summed E-state index contributed by atoms with van der Waals surface area (Å²) >= 11 is 0. The highest BCUT2D eigenvalue weighted by Gasteiger charge is 2.28. The Morgan fingerprint density at radius 1 is 1.44 bits per heavy atom.